The van der Waals surface area contributed by atoms with Crippen molar-refractivity contribution >= 4 is 0 Å². The molecule has 0 aromatic carbocycles. The Bertz CT molecular complexity index is 175. The number of likely N-dealkylation sites (tertiary alicyclic amines) is 1. The van der Waals surface area contributed by atoms with Crippen molar-refractivity contribution in [3.05, 3.63) is 0 Å². The standard InChI is InChI=1S/C11H22N2O2/c14-15-11-3-7-13(8-4-11)9-10-1-5-12-6-2-10/h10-12,14H,1-9H2. The van der Waals surface area contributed by atoms with Gasteiger partial charge in [-0.25, -0.2) is 4.89 Å². The lowest BCUT2D eigenvalue weighted by Gasteiger charge is -2.34. The van der Waals surface area contributed by atoms with E-state index in [9.17, 15) is 0 Å². The Morgan fingerprint density at radius 2 is 1.80 bits per heavy atom. The molecule has 2 fully saturated rings. The molecule has 2 N–H and O–H groups in total. The van der Waals surface area contributed by atoms with E-state index < -0.39 is 0 Å². The molecule has 0 saturated carbocycles. The molecule has 2 heterocycles. The third-order valence-electron chi connectivity index (χ3n) is 3.66. The van der Waals surface area contributed by atoms with Crippen LogP contribution < -0.4 is 5.32 Å². The Kier molecular flexibility index (Phi) is 4.38. The maximum Gasteiger partial charge on any atom is 0.0951 e. The van der Waals surface area contributed by atoms with Crippen molar-refractivity contribution in [1.29, 1.82) is 0 Å². The Morgan fingerprint density at radius 3 is 2.40 bits per heavy atom. The molecule has 0 atom stereocenters. The normalized spacial score (nSPS) is 27.0. The zero-order valence-corrected chi connectivity index (χ0v) is 9.32. The van der Waals surface area contributed by atoms with Crippen molar-refractivity contribution < 1.29 is 10.1 Å². The molecular formula is C11H22N2O2. The molecule has 0 unspecified atom stereocenters. The molecule has 0 aromatic heterocycles. The highest BCUT2D eigenvalue weighted by molar-refractivity contribution is 4.76. The Labute approximate surface area is 91.5 Å². The van der Waals surface area contributed by atoms with Crippen LogP contribution in [0, 0.1) is 5.92 Å². The summed E-state index contributed by atoms with van der Waals surface area (Å²) >= 11 is 0. The lowest BCUT2D eigenvalue weighted by atomic mass is 9.96. The van der Waals surface area contributed by atoms with E-state index in [1.165, 1.54) is 32.5 Å². The molecule has 88 valence electrons. The highest BCUT2D eigenvalue weighted by Gasteiger charge is 2.22. The minimum Gasteiger partial charge on any atom is -0.317 e. The molecular weight excluding hydrogens is 192 g/mol. The van der Waals surface area contributed by atoms with E-state index in [4.69, 9.17) is 5.26 Å². The zero-order valence-electron chi connectivity index (χ0n) is 9.32. The van der Waals surface area contributed by atoms with Crippen LogP contribution in [0.5, 0.6) is 0 Å². The van der Waals surface area contributed by atoms with Gasteiger partial charge in [0.05, 0.1) is 6.10 Å². The van der Waals surface area contributed by atoms with E-state index in [0.29, 0.717) is 0 Å². The third kappa shape index (κ3) is 3.41. The summed E-state index contributed by atoms with van der Waals surface area (Å²) in [6.45, 7) is 5.76. The average molecular weight is 214 g/mol. The Balaban J connectivity index is 1.67. The summed E-state index contributed by atoms with van der Waals surface area (Å²) in [6.07, 6.45) is 4.66. The molecule has 0 radical (unpaired) electrons. The third-order valence-corrected chi connectivity index (χ3v) is 3.66. The fraction of sp³-hybridized carbons (Fsp3) is 1.00. The molecule has 4 heteroatoms. The number of rotatable bonds is 3. The van der Waals surface area contributed by atoms with Gasteiger partial charge in [-0.05, 0) is 44.7 Å². The van der Waals surface area contributed by atoms with Gasteiger partial charge in [-0.2, -0.15) is 0 Å². The van der Waals surface area contributed by atoms with Crippen molar-refractivity contribution in [1.82, 2.24) is 10.2 Å². The van der Waals surface area contributed by atoms with Gasteiger partial charge < -0.3 is 10.2 Å². The first kappa shape index (κ1) is 11.3. The first-order chi connectivity index (χ1) is 7.38. The molecule has 4 nitrogen and oxygen atoms in total. The summed E-state index contributed by atoms with van der Waals surface area (Å²) in [7, 11) is 0. The lowest BCUT2D eigenvalue weighted by molar-refractivity contribution is -0.285. The Hall–Kier alpha value is -0.160. The van der Waals surface area contributed by atoms with Gasteiger partial charge in [-0.3, -0.25) is 5.26 Å². The van der Waals surface area contributed by atoms with Gasteiger partial charge in [0.1, 0.15) is 0 Å². The van der Waals surface area contributed by atoms with Crippen LogP contribution in [0.15, 0.2) is 0 Å². The predicted molar refractivity (Wildman–Crippen MR) is 58.8 cm³/mol. The predicted octanol–water partition coefficient (Wildman–Crippen LogP) is 0.940. The van der Waals surface area contributed by atoms with Crippen molar-refractivity contribution in [2.24, 2.45) is 5.92 Å². The molecule has 2 aliphatic heterocycles. The first-order valence-electron chi connectivity index (χ1n) is 6.12. The topological polar surface area (TPSA) is 44.7 Å². The fourth-order valence-electron chi connectivity index (χ4n) is 2.63. The minimum absolute atomic E-state index is 0.0780. The highest BCUT2D eigenvalue weighted by atomic mass is 17.1. The number of hydrogen-bond acceptors (Lipinski definition) is 4. The lowest BCUT2D eigenvalue weighted by Crippen LogP contribution is -2.41. The molecule has 2 saturated heterocycles. The summed E-state index contributed by atoms with van der Waals surface area (Å²) < 4.78 is 0. The smallest absolute Gasteiger partial charge is 0.0951 e. The number of hydrogen-bond donors (Lipinski definition) is 2. The quantitative estimate of drug-likeness (QED) is 0.542. The van der Waals surface area contributed by atoms with Crippen LogP contribution in [0.4, 0.5) is 0 Å². The second kappa shape index (κ2) is 5.80. The van der Waals surface area contributed by atoms with E-state index in [-0.39, 0.29) is 6.10 Å². The average Bonchev–Trinajstić information content (AvgIpc) is 2.31. The van der Waals surface area contributed by atoms with Crippen LogP contribution >= 0.6 is 0 Å². The van der Waals surface area contributed by atoms with Crippen molar-refractivity contribution in [3.63, 3.8) is 0 Å². The minimum atomic E-state index is 0.0780. The molecule has 15 heavy (non-hydrogen) atoms. The molecule has 2 rings (SSSR count). The van der Waals surface area contributed by atoms with Crippen LogP contribution in [0.3, 0.4) is 0 Å². The second-order valence-corrected chi connectivity index (χ2v) is 4.80. The number of nitrogens with zero attached hydrogens (tertiary/aromatic N) is 1. The van der Waals surface area contributed by atoms with Gasteiger partial charge in [-0.1, -0.05) is 0 Å². The zero-order chi connectivity index (χ0) is 10.5. The number of piperidine rings is 2. The van der Waals surface area contributed by atoms with Gasteiger partial charge in [0.25, 0.3) is 0 Å². The summed E-state index contributed by atoms with van der Waals surface area (Å²) in [5, 5.41) is 12.0. The summed E-state index contributed by atoms with van der Waals surface area (Å²) in [4.78, 5) is 6.91. The number of nitrogens with one attached hydrogen (secondary N) is 1. The van der Waals surface area contributed by atoms with E-state index in [1.54, 1.807) is 0 Å². The van der Waals surface area contributed by atoms with E-state index in [1.807, 2.05) is 0 Å². The van der Waals surface area contributed by atoms with Gasteiger partial charge in [0, 0.05) is 19.6 Å². The Morgan fingerprint density at radius 1 is 1.13 bits per heavy atom. The molecule has 0 aromatic rings. The molecule has 0 bridgehead atoms. The fourth-order valence-corrected chi connectivity index (χ4v) is 2.63. The second-order valence-electron chi connectivity index (χ2n) is 4.80. The SMILES string of the molecule is OOC1CCN(CC2CCNCC2)CC1. The summed E-state index contributed by atoms with van der Waals surface area (Å²) in [5.41, 5.74) is 0. The van der Waals surface area contributed by atoms with Crippen LogP contribution in [0.1, 0.15) is 25.7 Å². The van der Waals surface area contributed by atoms with E-state index in [0.717, 1.165) is 31.8 Å². The maximum absolute atomic E-state index is 8.57. The van der Waals surface area contributed by atoms with Crippen LogP contribution in [0.2, 0.25) is 0 Å². The molecule has 0 aliphatic carbocycles. The van der Waals surface area contributed by atoms with E-state index >= 15 is 0 Å². The van der Waals surface area contributed by atoms with Gasteiger partial charge in [0.15, 0.2) is 0 Å². The van der Waals surface area contributed by atoms with Crippen molar-refractivity contribution in [3.8, 4) is 0 Å². The largest absolute Gasteiger partial charge is 0.317 e. The first-order valence-corrected chi connectivity index (χ1v) is 6.12. The van der Waals surface area contributed by atoms with Crippen LogP contribution in [-0.2, 0) is 4.89 Å². The summed E-state index contributed by atoms with van der Waals surface area (Å²) in [6, 6.07) is 0. The monoisotopic (exact) mass is 214 g/mol. The van der Waals surface area contributed by atoms with Gasteiger partial charge in [0.2, 0.25) is 0 Å². The van der Waals surface area contributed by atoms with E-state index in [2.05, 4.69) is 15.1 Å². The molecule has 0 amide bonds. The molecule has 0 spiro atoms. The molecule has 2 aliphatic rings. The maximum atomic E-state index is 8.57. The summed E-state index contributed by atoms with van der Waals surface area (Å²) in [5.74, 6) is 0.873. The van der Waals surface area contributed by atoms with Crippen molar-refractivity contribution in [2.75, 3.05) is 32.7 Å². The van der Waals surface area contributed by atoms with Gasteiger partial charge in [-0.15, -0.1) is 0 Å². The van der Waals surface area contributed by atoms with Crippen LogP contribution in [-0.4, -0.2) is 49.0 Å². The van der Waals surface area contributed by atoms with Crippen molar-refractivity contribution in [2.45, 2.75) is 31.8 Å². The highest BCUT2D eigenvalue weighted by Crippen LogP contribution is 2.18. The van der Waals surface area contributed by atoms with Crippen LogP contribution in [0.25, 0.3) is 0 Å². The van der Waals surface area contributed by atoms with Gasteiger partial charge >= 0.3 is 0 Å².